The van der Waals surface area contributed by atoms with Gasteiger partial charge in [0.25, 0.3) is 5.91 Å². The maximum atomic E-state index is 12.4. The van der Waals surface area contributed by atoms with Gasteiger partial charge >= 0.3 is 5.97 Å². The highest BCUT2D eigenvalue weighted by atomic mass is 32.2. The maximum Gasteiger partial charge on any atom is 0.322 e. The Hall–Kier alpha value is -2.71. The summed E-state index contributed by atoms with van der Waals surface area (Å²) < 4.78 is 32.3. The summed E-state index contributed by atoms with van der Waals surface area (Å²) in [4.78, 5) is 26.0. The van der Waals surface area contributed by atoms with Crippen LogP contribution in [0.3, 0.4) is 0 Å². The molecule has 0 aliphatic rings. The van der Waals surface area contributed by atoms with Gasteiger partial charge in [-0.3, -0.25) is 9.59 Å². The van der Waals surface area contributed by atoms with E-state index in [1.165, 1.54) is 17.0 Å². The number of esters is 1. The molecule has 7 nitrogen and oxygen atoms in total. The fourth-order valence-corrected chi connectivity index (χ4v) is 3.47. The average molecular weight is 404 g/mol. The van der Waals surface area contributed by atoms with Gasteiger partial charge in [0.15, 0.2) is 0 Å². The van der Waals surface area contributed by atoms with Crippen LogP contribution in [0.25, 0.3) is 0 Å². The summed E-state index contributed by atoms with van der Waals surface area (Å²) in [5.41, 5.74) is 2.30. The lowest BCUT2D eigenvalue weighted by molar-refractivity contribution is -0.158. The number of likely N-dealkylation sites (N-methyl/N-ethyl adjacent to an activating group) is 1. The highest BCUT2D eigenvalue weighted by Crippen LogP contribution is 2.20. The number of sulfonamides is 1. The Balaban J connectivity index is 2.10. The van der Waals surface area contributed by atoms with Crippen LogP contribution in [-0.4, -0.2) is 45.8 Å². The Morgan fingerprint density at radius 2 is 1.68 bits per heavy atom. The van der Waals surface area contributed by atoms with Crippen LogP contribution >= 0.6 is 0 Å². The van der Waals surface area contributed by atoms with Crippen molar-refractivity contribution in [3.63, 3.8) is 0 Å². The number of hydrogen-bond acceptors (Lipinski definition) is 5. The van der Waals surface area contributed by atoms with Gasteiger partial charge in [0.05, 0.1) is 4.90 Å². The Morgan fingerprint density at radius 3 is 2.25 bits per heavy atom. The van der Waals surface area contributed by atoms with Crippen molar-refractivity contribution in [3.8, 4) is 0 Å². The van der Waals surface area contributed by atoms with Crippen molar-refractivity contribution in [2.45, 2.75) is 24.8 Å². The van der Waals surface area contributed by atoms with Crippen LogP contribution in [0.5, 0.6) is 0 Å². The predicted octanol–water partition coefficient (Wildman–Crippen LogP) is 1.95. The molecule has 0 fully saturated rings. The summed E-state index contributed by atoms with van der Waals surface area (Å²) in [6.45, 7) is 3.10. The summed E-state index contributed by atoms with van der Waals surface area (Å²) in [6, 6.07) is 13.3. The summed E-state index contributed by atoms with van der Waals surface area (Å²) in [5.74, 6) is -1.27. The van der Waals surface area contributed by atoms with Crippen molar-refractivity contribution < 1.29 is 22.7 Å². The van der Waals surface area contributed by atoms with E-state index >= 15 is 0 Å². The second-order valence-corrected chi connectivity index (χ2v) is 8.35. The molecule has 0 aromatic heterocycles. The van der Waals surface area contributed by atoms with Gasteiger partial charge in [-0.15, -0.1) is 0 Å². The van der Waals surface area contributed by atoms with Gasteiger partial charge in [0.2, 0.25) is 16.1 Å². The van der Waals surface area contributed by atoms with Gasteiger partial charge in [-0.05, 0) is 37.1 Å². The van der Waals surface area contributed by atoms with E-state index in [4.69, 9.17) is 4.74 Å². The van der Waals surface area contributed by atoms with E-state index in [9.17, 15) is 18.0 Å². The van der Waals surface area contributed by atoms with Crippen LogP contribution in [0, 0.1) is 13.8 Å². The van der Waals surface area contributed by atoms with Crippen molar-refractivity contribution in [1.82, 2.24) is 9.62 Å². The number of aryl methyl sites for hydroxylation is 2. The number of rotatable bonds is 7. The zero-order chi connectivity index (χ0) is 20.9. The van der Waals surface area contributed by atoms with E-state index in [1.807, 2.05) is 6.92 Å². The Labute approximate surface area is 165 Å². The molecule has 1 atom stereocenters. The third-order valence-corrected chi connectivity index (χ3v) is 5.61. The number of ether oxygens (including phenoxy) is 1. The number of amides is 1. The summed E-state index contributed by atoms with van der Waals surface area (Å²) in [5, 5.41) is 0. The van der Waals surface area contributed by atoms with Gasteiger partial charge in [0.1, 0.15) is 6.54 Å². The van der Waals surface area contributed by atoms with E-state index in [0.29, 0.717) is 5.56 Å². The molecule has 0 aliphatic carbocycles. The molecule has 8 heteroatoms. The first-order chi connectivity index (χ1) is 13.1. The first-order valence-corrected chi connectivity index (χ1v) is 10.1. The standard InChI is InChI=1S/C20H24N2O5S/c1-14-10-11-17(12-15(14)2)28(25,26)21-13-18(23)27-19(20(24)22(3)4)16-8-6-5-7-9-16/h5-12,19,21H,13H2,1-4H3/t19-/m1/s1. The zero-order valence-electron chi connectivity index (χ0n) is 16.3. The molecule has 2 aromatic carbocycles. The first-order valence-electron chi connectivity index (χ1n) is 8.64. The third-order valence-electron chi connectivity index (χ3n) is 4.21. The Kier molecular flexibility index (Phi) is 6.93. The topological polar surface area (TPSA) is 92.8 Å². The lowest BCUT2D eigenvalue weighted by Gasteiger charge is -2.21. The molecular weight excluding hydrogens is 380 g/mol. The summed E-state index contributed by atoms with van der Waals surface area (Å²) in [6.07, 6.45) is -1.14. The number of hydrogen-bond donors (Lipinski definition) is 1. The fourth-order valence-electron chi connectivity index (χ4n) is 2.41. The van der Waals surface area contributed by atoms with Crippen LogP contribution in [0.4, 0.5) is 0 Å². The van der Waals surface area contributed by atoms with E-state index in [-0.39, 0.29) is 4.90 Å². The highest BCUT2D eigenvalue weighted by molar-refractivity contribution is 7.89. The van der Waals surface area contributed by atoms with Crippen molar-refractivity contribution in [2.24, 2.45) is 0 Å². The van der Waals surface area contributed by atoms with Gasteiger partial charge in [0, 0.05) is 19.7 Å². The van der Waals surface area contributed by atoms with E-state index in [2.05, 4.69) is 4.72 Å². The quantitative estimate of drug-likeness (QED) is 0.712. The van der Waals surface area contributed by atoms with E-state index in [1.54, 1.807) is 57.4 Å². The number of carbonyl (C=O) groups excluding carboxylic acids is 2. The Morgan fingerprint density at radius 1 is 1.04 bits per heavy atom. The molecule has 1 N–H and O–H groups in total. The van der Waals surface area contributed by atoms with E-state index in [0.717, 1.165) is 11.1 Å². The van der Waals surface area contributed by atoms with Crippen LogP contribution in [0.2, 0.25) is 0 Å². The lowest BCUT2D eigenvalue weighted by Crippen LogP contribution is -2.35. The monoisotopic (exact) mass is 404 g/mol. The highest BCUT2D eigenvalue weighted by Gasteiger charge is 2.27. The fraction of sp³-hybridized carbons (Fsp3) is 0.300. The van der Waals surface area contributed by atoms with Crippen LogP contribution < -0.4 is 4.72 Å². The normalized spacial score (nSPS) is 12.3. The second-order valence-electron chi connectivity index (χ2n) is 6.58. The zero-order valence-corrected chi connectivity index (χ0v) is 17.1. The van der Waals surface area contributed by atoms with Crippen molar-refractivity contribution >= 4 is 21.9 Å². The molecule has 0 saturated heterocycles. The van der Waals surface area contributed by atoms with Gasteiger partial charge < -0.3 is 9.64 Å². The summed E-state index contributed by atoms with van der Waals surface area (Å²) >= 11 is 0. The first kappa shape index (κ1) is 21.6. The van der Waals surface area contributed by atoms with Crippen LogP contribution in [0.1, 0.15) is 22.8 Å². The molecule has 150 valence electrons. The SMILES string of the molecule is Cc1ccc(S(=O)(=O)NCC(=O)O[C@@H](C(=O)N(C)C)c2ccccc2)cc1C. The van der Waals surface area contributed by atoms with Gasteiger partial charge in [-0.1, -0.05) is 36.4 Å². The molecular formula is C20H24N2O5S. The third kappa shape index (κ3) is 5.40. The molecule has 0 heterocycles. The smallest absolute Gasteiger partial charge is 0.322 e. The molecule has 0 unspecified atom stereocenters. The largest absolute Gasteiger partial charge is 0.446 e. The maximum absolute atomic E-state index is 12.4. The lowest BCUT2D eigenvalue weighted by atomic mass is 10.1. The minimum Gasteiger partial charge on any atom is -0.446 e. The summed E-state index contributed by atoms with van der Waals surface area (Å²) in [7, 11) is -0.778. The van der Waals surface area contributed by atoms with Crippen LogP contribution in [0.15, 0.2) is 53.4 Å². The minimum atomic E-state index is -3.88. The molecule has 0 aliphatic heterocycles. The molecule has 0 saturated carbocycles. The molecule has 2 aromatic rings. The molecule has 0 radical (unpaired) electrons. The molecule has 0 bridgehead atoms. The van der Waals surface area contributed by atoms with Crippen LogP contribution in [-0.2, 0) is 24.3 Å². The predicted molar refractivity (Wildman–Crippen MR) is 105 cm³/mol. The average Bonchev–Trinajstić information content (AvgIpc) is 2.66. The number of nitrogens with one attached hydrogen (secondary N) is 1. The van der Waals surface area contributed by atoms with Gasteiger partial charge in [-0.2, -0.15) is 4.72 Å². The molecule has 0 spiro atoms. The number of carbonyl (C=O) groups is 2. The Bertz CT molecular complexity index is 956. The van der Waals surface area contributed by atoms with E-state index < -0.39 is 34.5 Å². The van der Waals surface area contributed by atoms with Crippen molar-refractivity contribution in [1.29, 1.82) is 0 Å². The number of nitrogens with zero attached hydrogens (tertiary/aromatic N) is 1. The van der Waals surface area contributed by atoms with Crippen molar-refractivity contribution in [2.75, 3.05) is 20.6 Å². The molecule has 1 amide bonds. The minimum absolute atomic E-state index is 0.0624. The van der Waals surface area contributed by atoms with Gasteiger partial charge in [-0.25, -0.2) is 8.42 Å². The molecule has 2 rings (SSSR count). The number of benzene rings is 2. The second kappa shape index (κ2) is 8.99. The molecule has 28 heavy (non-hydrogen) atoms. The van der Waals surface area contributed by atoms with Crippen molar-refractivity contribution in [3.05, 3.63) is 65.2 Å².